The number of aromatic carboxylic acids is 1. The number of nitrogens with one attached hydrogen (secondary N) is 1. The van der Waals surface area contributed by atoms with Crippen molar-refractivity contribution >= 4 is 46.1 Å². The molecular weight excluding hydrogens is 504 g/mol. The van der Waals surface area contributed by atoms with E-state index in [2.05, 4.69) is 16.0 Å². The van der Waals surface area contributed by atoms with Crippen LogP contribution < -0.4 is 5.32 Å². The minimum absolute atomic E-state index is 0.200. The molecule has 1 aromatic heterocycles. The molecule has 0 bridgehead atoms. The lowest BCUT2D eigenvalue weighted by Gasteiger charge is -2.13. The van der Waals surface area contributed by atoms with Crippen LogP contribution in [0.2, 0.25) is 5.02 Å². The van der Waals surface area contributed by atoms with Gasteiger partial charge in [0.15, 0.2) is 0 Å². The average Bonchev–Trinajstić information content (AvgIpc) is 3.30. The van der Waals surface area contributed by atoms with Crippen molar-refractivity contribution in [3.63, 3.8) is 0 Å². The molecule has 2 N–H and O–H groups in total. The Kier molecular flexibility index (Phi) is 7.30. The van der Waals surface area contributed by atoms with Gasteiger partial charge in [0.25, 0.3) is 5.91 Å². The maximum absolute atomic E-state index is 13.5. The van der Waals surface area contributed by atoms with Crippen molar-refractivity contribution in [2.24, 2.45) is 0 Å². The third kappa shape index (κ3) is 5.88. The highest BCUT2D eigenvalue weighted by Gasteiger charge is 2.17. The molecule has 0 saturated carbocycles. The molecule has 0 radical (unpaired) electrons. The number of rotatable bonds is 8. The van der Waals surface area contributed by atoms with Gasteiger partial charge in [-0.2, -0.15) is 0 Å². The molecule has 184 valence electrons. The Morgan fingerprint density at radius 2 is 1.62 bits per heavy atom. The van der Waals surface area contributed by atoms with Gasteiger partial charge in [0.2, 0.25) is 0 Å². The number of benzene rings is 4. The number of aromatic nitrogens is 1. The number of hydrogen-bond donors (Lipinski definition) is 2. The van der Waals surface area contributed by atoms with Crippen LogP contribution in [0, 0.1) is 0 Å². The molecule has 0 aliphatic rings. The summed E-state index contributed by atoms with van der Waals surface area (Å²) in [4.78, 5) is 26.7. The SMILES string of the molecule is O=C(O)c1ccc(CNC(=O)c2cc(Sc3ccccc3)cc3ccn(Cc4cccc(Cl)c4)c23)cc1. The second kappa shape index (κ2) is 10.9. The van der Waals surface area contributed by atoms with E-state index in [0.29, 0.717) is 17.1 Å². The topological polar surface area (TPSA) is 71.3 Å². The molecule has 0 spiro atoms. The number of fused-ring (bicyclic) bond motifs is 1. The first-order valence-electron chi connectivity index (χ1n) is 11.7. The fourth-order valence-electron chi connectivity index (χ4n) is 4.18. The van der Waals surface area contributed by atoms with Gasteiger partial charge in [0, 0.05) is 39.5 Å². The zero-order valence-electron chi connectivity index (χ0n) is 19.7. The molecule has 0 aliphatic heterocycles. The molecule has 7 heteroatoms. The Morgan fingerprint density at radius 1 is 0.838 bits per heavy atom. The van der Waals surface area contributed by atoms with Crippen LogP contribution in [-0.2, 0) is 13.1 Å². The van der Waals surface area contributed by atoms with E-state index in [-0.39, 0.29) is 18.0 Å². The molecule has 5 aromatic rings. The predicted octanol–water partition coefficient (Wildman–Crippen LogP) is 7.12. The molecule has 0 fully saturated rings. The van der Waals surface area contributed by atoms with E-state index in [9.17, 15) is 9.59 Å². The molecule has 0 unspecified atom stereocenters. The molecule has 5 nitrogen and oxygen atoms in total. The average molecular weight is 527 g/mol. The van der Waals surface area contributed by atoms with Crippen molar-refractivity contribution in [3.8, 4) is 0 Å². The van der Waals surface area contributed by atoms with Crippen molar-refractivity contribution in [1.29, 1.82) is 0 Å². The predicted molar refractivity (Wildman–Crippen MR) is 148 cm³/mol. The van der Waals surface area contributed by atoms with Crippen LogP contribution in [0.15, 0.2) is 113 Å². The van der Waals surface area contributed by atoms with Gasteiger partial charge >= 0.3 is 5.97 Å². The Bertz CT molecular complexity index is 1580. The number of carbonyl (C=O) groups excluding carboxylic acids is 1. The summed E-state index contributed by atoms with van der Waals surface area (Å²) in [5.41, 5.74) is 3.49. The highest BCUT2D eigenvalue weighted by Crippen LogP contribution is 2.33. The summed E-state index contributed by atoms with van der Waals surface area (Å²) in [6, 6.07) is 30.3. The quantitative estimate of drug-likeness (QED) is 0.226. The molecule has 0 atom stereocenters. The van der Waals surface area contributed by atoms with Gasteiger partial charge in [-0.15, -0.1) is 0 Å². The number of hydrogen-bond acceptors (Lipinski definition) is 3. The minimum Gasteiger partial charge on any atom is -0.478 e. The monoisotopic (exact) mass is 526 g/mol. The normalized spacial score (nSPS) is 10.9. The summed E-state index contributed by atoms with van der Waals surface area (Å²) >= 11 is 7.81. The van der Waals surface area contributed by atoms with Gasteiger partial charge in [0.1, 0.15) is 0 Å². The lowest BCUT2D eigenvalue weighted by Crippen LogP contribution is -2.23. The highest BCUT2D eigenvalue weighted by atomic mass is 35.5. The molecule has 1 heterocycles. The zero-order valence-corrected chi connectivity index (χ0v) is 21.3. The summed E-state index contributed by atoms with van der Waals surface area (Å²) in [6.45, 7) is 0.859. The van der Waals surface area contributed by atoms with E-state index >= 15 is 0 Å². The molecular formula is C30H23ClN2O3S. The van der Waals surface area contributed by atoms with Crippen molar-refractivity contribution < 1.29 is 14.7 Å². The Hall–Kier alpha value is -4.00. The second-order valence-electron chi connectivity index (χ2n) is 8.58. The van der Waals surface area contributed by atoms with E-state index in [1.165, 1.54) is 12.1 Å². The molecule has 37 heavy (non-hydrogen) atoms. The van der Waals surface area contributed by atoms with Gasteiger partial charge in [-0.25, -0.2) is 4.79 Å². The third-order valence-electron chi connectivity index (χ3n) is 5.95. The number of carboxylic acid groups (broad SMARTS) is 1. The largest absolute Gasteiger partial charge is 0.478 e. The third-order valence-corrected chi connectivity index (χ3v) is 7.17. The highest BCUT2D eigenvalue weighted by molar-refractivity contribution is 7.99. The summed E-state index contributed by atoms with van der Waals surface area (Å²) in [5.74, 6) is -1.18. The summed E-state index contributed by atoms with van der Waals surface area (Å²) in [6.07, 6.45) is 1.99. The van der Waals surface area contributed by atoms with Crippen molar-refractivity contribution in [2.45, 2.75) is 22.9 Å². The second-order valence-corrected chi connectivity index (χ2v) is 10.2. The van der Waals surface area contributed by atoms with Crippen molar-refractivity contribution in [1.82, 2.24) is 9.88 Å². The smallest absolute Gasteiger partial charge is 0.335 e. The van der Waals surface area contributed by atoms with Crippen LogP contribution in [0.1, 0.15) is 31.8 Å². The van der Waals surface area contributed by atoms with Crippen molar-refractivity contribution in [3.05, 3.63) is 131 Å². The Balaban J connectivity index is 1.48. The lowest BCUT2D eigenvalue weighted by atomic mass is 10.1. The van der Waals surface area contributed by atoms with Crippen LogP contribution >= 0.6 is 23.4 Å². The first-order valence-corrected chi connectivity index (χ1v) is 12.9. The van der Waals surface area contributed by atoms with Crippen LogP contribution in [0.4, 0.5) is 0 Å². The van der Waals surface area contributed by atoms with E-state index in [4.69, 9.17) is 16.7 Å². The molecule has 1 amide bonds. The summed E-state index contributed by atoms with van der Waals surface area (Å²) in [5, 5.41) is 13.8. The first-order chi connectivity index (χ1) is 18.0. The van der Waals surface area contributed by atoms with Gasteiger partial charge in [-0.05, 0) is 65.7 Å². The molecule has 0 saturated heterocycles. The standard InChI is InChI=1S/C30H23ClN2O3S/c31-24-6-4-5-21(15-24)19-33-14-13-23-16-26(37-25-7-2-1-3-8-25)17-27(28(23)33)29(34)32-18-20-9-11-22(12-10-20)30(35)36/h1-17H,18-19H2,(H,32,34)(H,35,36). The van der Waals surface area contributed by atoms with Crippen molar-refractivity contribution in [2.75, 3.05) is 0 Å². The van der Waals surface area contributed by atoms with Crippen LogP contribution in [0.3, 0.4) is 0 Å². The van der Waals surface area contributed by atoms with Crippen LogP contribution in [-0.4, -0.2) is 21.6 Å². The summed E-state index contributed by atoms with van der Waals surface area (Å²) in [7, 11) is 0. The molecule has 5 rings (SSSR count). The van der Waals surface area contributed by atoms with Gasteiger partial charge in [0.05, 0.1) is 16.6 Å². The number of carbonyl (C=O) groups is 2. The number of nitrogens with zero attached hydrogens (tertiary/aromatic N) is 1. The number of carboxylic acids is 1. The number of amides is 1. The summed E-state index contributed by atoms with van der Waals surface area (Å²) < 4.78 is 2.06. The Labute approximate surface area is 223 Å². The molecule has 4 aromatic carbocycles. The van der Waals surface area contributed by atoms with E-state index in [1.807, 2.05) is 72.9 Å². The molecule has 0 aliphatic carbocycles. The minimum atomic E-state index is -0.980. The fraction of sp³-hybridized carbons (Fsp3) is 0.0667. The van der Waals surface area contributed by atoms with Crippen LogP contribution in [0.25, 0.3) is 10.9 Å². The van der Waals surface area contributed by atoms with Gasteiger partial charge in [-0.3, -0.25) is 4.79 Å². The van der Waals surface area contributed by atoms with Crippen LogP contribution in [0.5, 0.6) is 0 Å². The van der Waals surface area contributed by atoms with E-state index in [1.54, 1.807) is 23.9 Å². The maximum atomic E-state index is 13.5. The lowest BCUT2D eigenvalue weighted by molar-refractivity contribution is 0.0696. The first kappa shape index (κ1) is 24.7. The fourth-order valence-corrected chi connectivity index (χ4v) is 5.33. The van der Waals surface area contributed by atoms with Gasteiger partial charge < -0.3 is 15.0 Å². The number of halogens is 1. The zero-order chi connectivity index (χ0) is 25.8. The van der Waals surface area contributed by atoms with E-state index in [0.717, 1.165) is 31.8 Å². The van der Waals surface area contributed by atoms with Gasteiger partial charge in [-0.1, -0.05) is 65.8 Å². The van der Waals surface area contributed by atoms with E-state index < -0.39 is 5.97 Å². The Morgan fingerprint density at radius 3 is 2.35 bits per heavy atom. The maximum Gasteiger partial charge on any atom is 0.335 e.